The van der Waals surface area contributed by atoms with Crippen LogP contribution in [0, 0.1) is 0 Å². The second-order valence-corrected chi connectivity index (χ2v) is 4.24. The van der Waals surface area contributed by atoms with E-state index in [0.717, 1.165) is 5.75 Å². The Balaban J connectivity index is 2.06. The van der Waals surface area contributed by atoms with Gasteiger partial charge in [-0.2, -0.15) is 12.6 Å². The van der Waals surface area contributed by atoms with Crippen molar-refractivity contribution >= 4 is 24.4 Å². The van der Waals surface area contributed by atoms with Crippen LogP contribution in [0.1, 0.15) is 18.4 Å². The van der Waals surface area contributed by atoms with E-state index in [4.69, 9.17) is 0 Å². The van der Waals surface area contributed by atoms with Gasteiger partial charge in [0.25, 0.3) is 0 Å². The Morgan fingerprint density at radius 3 is 2.40 bits per heavy atom. The predicted molar refractivity (Wildman–Crippen MR) is 70.8 cm³/mol. The number of benzene rings is 1. The van der Waals surface area contributed by atoms with Gasteiger partial charge in [0.1, 0.15) is 0 Å². The zero-order valence-electron chi connectivity index (χ0n) is 8.89. The van der Waals surface area contributed by atoms with Gasteiger partial charge in [-0.1, -0.05) is 24.3 Å². The molecular formula is C13H17NS. The normalized spacial score (nSPS) is 16.5. The second kappa shape index (κ2) is 5.26. The van der Waals surface area contributed by atoms with Crippen molar-refractivity contribution in [1.29, 1.82) is 0 Å². The first-order chi connectivity index (χ1) is 7.40. The fourth-order valence-corrected chi connectivity index (χ4v) is 2.07. The number of thiol groups is 1. The van der Waals surface area contributed by atoms with E-state index in [1.165, 1.54) is 37.2 Å². The lowest BCUT2D eigenvalue weighted by molar-refractivity contribution is 0.949. The van der Waals surface area contributed by atoms with Crippen molar-refractivity contribution in [3.8, 4) is 0 Å². The lowest BCUT2D eigenvalue weighted by Gasteiger charge is -2.17. The average Bonchev–Trinajstić information content (AvgIpc) is 2.80. The highest BCUT2D eigenvalue weighted by Crippen LogP contribution is 2.20. The number of anilines is 1. The van der Waals surface area contributed by atoms with Gasteiger partial charge in [0.2, 0.25) is 0 Å². The van der Waals surface area contributed by atoms with Gasteiger partial charge in [-0.3, -0.25) is 0 Å². The van der Waals surface area contributed by atoms with Gasteiger partial charge in [0.05, 0.1) is 0 Å². The molecule has 1 heterocycles. The lowest BCUT2D eigenvalue weighted by Crippen LogP contribution is -2.17. The molecule has 0 unspecified atom stereocenters. The van der Waals surface area contributed by atoms with E-state index in [2.05, 4.69) is 53.9 Å². The van der Waals surface area contributed by atoms with Crippen LogP contribution in [-0.2, 0) is 0 Å². The summed E-state index contributed by atoms with van der Waals surface area (Å²) in [6.07, 6.45) is 6.84. The summed E-state index contributed by atoms with van der Waals surface area (Å²) in [6.45, 7) is 2.43. The van der Waals surface area contributed by atoms with E-state index in [1.807, 2.05) is 0 Å². The molecule has 0 aromatic heterocycles. The molecule has 0 aliphatic carbocycles. The molecule has 1 aliphatic heterocycles. The monoisotopic (exact) mass is 219 g/mol. The first kappa shape index (κ1) is 10.6. The molecule has 0 radical (unpaired) electrons. The highest BCUT2D eigenvalue weighted by molar-refractivity contribution is 7.80. The van der Waals surface area contributed by atoms with Crippen molar-refractivity contribution in [2.75, 3.05) is 23.7 Å². The Labute approximate surface area is 97.2 Å². The fourth-order valence-electron chi connectivity index (χ4n) is 1.96. The van der Waals surface area contributed by atoms with Crippen LogP contribution < -0.4 is 4.90 Å². The van der Waals surface area contributed by atoms with Gasteiger partial charge in [-0.15, -0.1) is 0 Å². The molecule has 15 heavy (non-hydrogen) atoms. The zero-order chi connectivity index (χ0) is 10.5. The summed E-state index contributed by atoms with van der Waals surface area (Å²) in [4.78, 5) is 2.45. The SMILES string of the molecule is SCC=Cc1ccc(N2CCCC2)cc1. The summed E-state index contributed by atoms with van der Waals surface area (Å²) in [5, 5.41) is 0. The van der Waals surface area contributed by atoms with E-state index in [9.17, 15) is 0 Å². The summed E-state index contributed by atoms with van der Waals surface area (Å²) >= 11 is 4.15. The maximum Gasteiger partial charge on any atom is 0.0366 e. The van der Waals surface area contributed by atoms with Gasteiger partial charge in [0.15, 0.2) is 0 Å². The molecule has 2 rings (SSSR count). The molecule has 1 nitrogen and oxygen atoms in total. The van der Waals surface area contributed by atoms with E-state index >= 15 is 0 Å². The first-order valence-electron chi connectivity index (χ1n) is 5.52. The summed E-state index contributed by atoms with van der Waals surface area (Å²) in [5.74, 6) is 0.799. The first-order valence-corrected chi connectivity index (χ1v) is 6.16. The zero-order valence-corrected chi connectivity index (χ0v) is 9.79. The maximum absolute atomic E-state index is 4.15. The van der Waals surface area contributed by atoms with Crippen molar-refractivity contribution in [2.24, 2.45) is 0 Å². The molecule has 0 bridgehead atoms. The van der Waals surface area contributed by atoms with Crippen molar-refractivity contribution < 1.29 is 0 Å². The van der Waals surface area contributed by atoms with E-state index in [1.54, 1.807) is 0 Å². The van der Waals surface area contributed by atoms with Crippen molar-refractivity contribution in [2.45, 2.75) is 12.8 Å². The molecule has 1 saturated heterocycles. The second-order valence-electron chi connectivity index (χ2n) is 3.87. The molecule has 80 valence electrons. The standard InChI is InChI=1S/C13H17NS/c15-11-3-4-12-5-7-13(8-6-12)14-9-1-2-10-14/h3-8,15H,1-2,9-11H2. The minimum absolute atomic E-state index is 0.799. The summed E-state index contributed by atoms with van der Waals surface area (Å²) in [7, 11) is 0. The minimum Gasteiger partial charge on any atom is -0.372 e. The summed E-state index contributed by atoms with van der Waals surface area (Å²) in [6, 6.07) is 8.77. The number of hydrogen-bond donors (Lipinski definition) is 1. The van der Waals surface area contributed by atoms with Crippen LogP contribution in [0.15, 0.2) is 30.3 Å². The van der Waals surface area contributed by atoms with Crippen molar-refractivity contribution in [3.63, 3.8) is 0 Å². The van der Waals surface area contributed by atoms with Crippen LogP contribution >= 0.6 is 12.6 Å². The third-order valence-corrected chi connectivity index (χ3v) is 2.99. The van der Waals surface area contributed by atoms with Gasteiger partial charge in [-0.05, 0) is 30.5 Å². The fraction of sp³-hybridized carbons (Fsp3) is 0.385. The third kappa shape index (κ3) is 2.78. The van der Waals surface area contributed by atoms with Crippen molar-refractivity contribution in [1.82, 2.24) is 0 Å². The molecule has 0 spiro atoms. The minimum atomic E-state index is 0.799. The summed E-state index contributed by atoms with van der Waals surface area (Å²) in [5.41, 5.74) is 2.61. The van der Waals surface area contributed by atoms with E-state index in [-0.39, 0.29) is 0 Å². The third-order valence-electron chi connectivity index (χ3n) is 2.78. The number of rotatable bonds is 3. The van der Waals surface area contributed by atoms with Crippen LogP contribution in [0.3, 0.4) is 0 Å². The van der Waals surface area contributed by atoms with Crippen LogP contribution in [-0.4, -0.2) is 18.8 Å². The highest BCUT2D eigenvalue weighted by atomic mass is 32.1. The van der Waals surface area contributed by atoms with Gasteiger partial charge in [0, 0.05) is 24.5 Å². The average molecular weight is 219 g/mol. The molecular weight excluding hydrogens is 202 g/mol. The van der Waals surface area contributed by atoms with Crippen LogP contribution in [0.25, 0.3) is 6.08 Å². The molecule has 1 aromatic rings. The van der Waals surface area contributed by atoms with E-state index < -0.39 is 0 Å². The van der Waals surface area contributed by atoms with Gasteiger partial charge in [-0.25, -0.2) is 0 Å². The van der Waals surface area contributed by atoms with Crippen LogP contribution in [0.4, 0.5) is 5.69 Å². The van der Waals surface area contributed by atoms with Crippen molar-refractivity contribution in [3.05, 3.63) is 35.9 Å². The Morgan fingerprint density at radius 2 is 1.80 bits per heavy atom. The Morgan fingerprint density at radius 1 is 1.13 bits per heavy atom. The predicted octanol–water partition coefficient (Wildman–Crippen LogP) is 3.23. The largest absolute Gasteiger partial charge is 0.372 e. The highest BCUT2D eigenvalue weighted by Gasteiger charge is 2.11. The molecule has 2 heteroatoms. The number of nitrogens with zero attached hydrogens (tertiary/aromatic N) is 1. The molecule has 0 atom stereocenters. The summed E-state index contributed by atoms with van der Waals surface area (Å²) < 4.78 is 0. The molecule has 0 amide bonds. The smallest absolute Gasteiger partial charge is 0.0366 e. The lowest BCUT2D eigenvalue weighted by atomic mass is 10.2. The van der Waals surface area contributed by atoms with Crippen LogP contribution in [0.5, 0.6) is 0 Å². The van der Waals surface area contributed by atoms with Gasteiger partial charge < -0.3 is 4.90 Å². The van der Waals surface area contributed by atoms with E-state index in [0.29, 0.717) is 0 Å². The van der Waals surface area contributed by atoms with Gasteiger partial charge >= 0.3 is 0 Å². The molecule has 0 saturated carbocycles. The quantitative estimate of drug-likeness (QED) is 0.764. The van der Waals surface area contributed by atoms with Crippen LogP contribution in [0.2, 0.25) is 0 Å². The topological polar surface area (TPSA) is 3.24 Å². The Hall–Kier alpha value is -0.890. The molecule has 1 aromatic carbocycles. The Kier molecular flexibility index (Phi) is 3.73. The number of hydrogen-bond acceptors (Lipinski definition) is 2. The molecule has 1 aliphatic rings. The Bertz CT molecular complexity index is 323. The molecule has 1 fully saturated rings. The maximum atomic E-state index is 4.15. The molecule has 0 N–H and O–H groups in total.